The molecule has 3 rings (SSSR count). The van der Waals surface area contributed by atoms with E-state index in [1.807, 2.05) is 59.4 Å². The number of carbonyl (C=O) groups is 1. The molecule has 0 spiro atoms. The SMILES string of the molecule is CCOC(=O)NC(CNC(=NC)N(C)Cc1cnn(-c2ccccc2)c1)C1CC1. The molecule has 1 atom stereocenters. The molecular weight excluding hydrogens is 368 g/mol. The molecule has 156 valence electrons. The van der Waals surface area contributed by atoms with Crippen LogP contribution in [0.4, 0.5) is 4.79 Å². The number of rotatable bonds is 8. The van der Waals surface area contributed by atoms with Gasteiger partial charge in [0.1, 0.15) is 0 Å². The van der Waals surface area contributed by atoms with Gasteiger partial charge in [0, 0.05) is 38.9 Å². The van der Waals surface area contributed by atoms with Crippen LogP contribution in [0.3, 0.4) is 0 Å². The fraction of sp³-hybridized carbons (Fsp3) is 0.476. The summed E-state index contributed by atoms with van der Waals surface area (Å²) < 4.78 is 6.89. The third-order valence-corrected chi connectivity index (χ3v) is 4.90. The van der Waals surface area contributed by atoms with Crippen molar-refractivity contribution in [1.29, 1.82) is 0 Å². The Balaban J connectivity index is 1.54. The second kappa shape index (κ2) is 9.95. The summed E-state index contributed by atoms with van der Waals surface area (Å²) in [5.41, 5.74) is 2.11. The highest BCUT2D eigenvalue weighted by atomic mass is 16.5. The number of amides is 1. The predicted octanol–water partition coefficient (Wildman–Crippen LogP) is 2.40. The number of hydrogen-bond acceptors (Lipinski definition) is 4. The van der Waals surface area contributed by atoms with Gasteiger partial charge in [-0.15, -0.1) is 0 Å². The van der Waals surface area contributed by atoms with Crippen LogP contribution in [0.15, 0.2) is 47.7 Å². The van der Waals surface area contributed by atoms with Crippen LogP contribution in [-0.4, -0.2) is 60.0 Å². The fourth-order valence-electron chi connectivity index (χ4n) is 3.26. The van der Waals surface area contributed by atoms with E-state index in [2.05, 4.69) is 20.7 Å². The number of aromatic nitrogens is 2. The molecule has 1 aromatic heterocycles. The number of hydrogen-bond donors (Lipinski definition) is 2. The highest BCUT2D eigenvalue weighted by Crippen LogP contribution is 2.32. The van der Waals surface area contributed by atoms with Gasteiger partial charge < -0.3 is 20.3 Å². The molecule has 0 radical (unpaired) electrons. The van der Waals surface area contributed by atoms with Crippen LogP contribution in [0.1, 0.15) is 25.3 Å². The lowest BCUT2D eigenvalue weighted by Crippen LogP contribution is -2.48. The second-order valence-corrected chi connectivity index (χ2v) is 7.22. The van der Waals surface area contributed by atoms with E-state index in [0.717, 1.165) is 30.1 Å². The minimum atomic E-state index is -0.358. The first-order valence-electron chi connectivity index (χ1n) is 10.0. The first-order valence-corrected chi connectivity index (χ1v) is 10.0. The summed E-state index contributed by atoms with van der Waals surface area (Å²) in [5, 5.41) is 10.8. The summed E-state index contributed by atoms with van der Waals surface area (Å²) in [6.07, 6.45) is 5.79. The van der Waals surface area contributed by atoms with Gasteiger partial charge in [0.15, 0.2) is 5.96 Å². The Labute approximate surface area is 171 Å². The molecule has 1 unspecified atom stereocenters. The third kappa shape index (κ3) is 5.97. The summed E-state index contributed by atoms with van der Waals surface area (Å²) in [5.74, 6) is 1.27. The van der Waals surface area contributed by atoms with E-state index >= 15 is 0 Å². The zero-order chi connectivity index (χ0) is 20.6. The van der Waals surface area contributed by atoms with Crippen molar-refractivity contribution in [1.82, 2.24) is 25.3 Å². The Morgan fingerprint density at radius 1 is 1.38 bits per heavy atom. The molecule has 0 bridgehead atoms. The molecule has 1 saturated carbocycles. The van der Waals surface area contributed by atoms with E-state index in [1.165, 1.54) is 0 Å². The number of para-hydroxylation sites is 1. The van der Waals surface area contributed by atoms with E-state index < -0.39 is 0 Å². The van der Waals surface area contributed by atoms with Crippen LogP contribution in [0.2, 0.25) is 0 Å². The smallest absolute Gasteiger partial charge is 0.407 e. The lowest BCUT2D eigenvalue weighted by atomic mass is 10.2. The van der Waals surface area contributed by atoms with Gasteiger partial charge in [0.05, 0.1) is 24.5 Å². The largest absolute Gasteiger partial charge is 0.450 e. The normalized spacial score (nSPS) is 14.9. The van der Waals surface area contributed by atoms with E-state index in [-0.39, 0.29) is 12.1 Å². The number of guanidine groups is 1. The summed E-state index contributed by atoms with van der Waals surface area (Å²) in [6.45, 7) is 3.47. The lowest BCUT2D eigenvalue weighted by Gasteiger charge is -2.24. The Hall–Kier alpha value is -3.03. The standard InChI is InChI=1S/C21H30N6O2/c1-4-29-21(28)25-19(17-10-11-17)13-23-20(22-2)26(3)14-16-12-24-27(15-16)18-8-6-5-7-9-18/h5-9,12,15,17,19H,4,10-11,13-14H2,1-3H3,(H,22,23)(H,25,28). The van der Waals surface area contributed by atoms with Gasteiger partial charge in [-0.05, 0) is 37.8 Å². The quantitative estimate of drug-likeness (QED) is 0.527. The number of ether oxygens (including phenoxy) is 1. The zero-order valence-electron chi connectivity index (χ0n) is 17.3. The molecule has 0 saturated heterocycles. The maximum atomic E-state index is 11.8. The Morgan fingerprint density at radius 2 is 2.14 bits per heavy atom. The summed E-state index contributed by atoms with van der Waals surface area (Å²) >= 11 is 0. The molecule has 1 amide bonds. The number of benzene rings is 1. The number of aliphatic imine (C=N–C) groups is 1. The van der Waals surface area contributed by atoms with Gasteiger partial charge in [-0.25, -0.2) is 9.48 Å². The van der Waals surface area contributed by atoms with Crippen LogP contribution in [-0.2, 0) is 11.3 Å². The average molecular weight is 399 g/mol. The lowest BCUT2D eigenvalue weighted by molar-refractivity contribution is 0.146. The van der Waals surface area contributed by atoms with E-state index in [9.17, 15) is 4.79 Å². The van der Waals surface area contributed by atoms with Gasteiger partial charge in [0.25, 0.3) is 0 Å². The number of nitrogens with zero attached hydrogens (tertiary/aromatic N) is 4. The summed E-state index contributed by atoms with van der Waals surface area (Å²) in [6, 6.07) is 10.1. The highest BCUT2D eigenvalue weighted by Gasteiger charge is 2.32. The van der Waals surface area contributed by atoms with E-state index in [1.54, 1.807) is 14.0 Å². The maximum Gasteiger partial charge on any atom is 0.407 e. The van der Waals surface area contributed by atoms with Gasteiger partial charge in [-0.2, -0.15) is 5.10 Å². The van der Waals surface area contributed by atoms with Crippen molar-refractivity contribution in [3.8, 4) is 5.69 Å². The van der Waals surface area contributed by atoms with Crippen LogP contribution >= 0.6 is 0 Å². The first kappa shape index (κ1) is 20.7. The molecule has 1 aliphatic carbocycles. The molecule has 1 fully saturated rings. The van der Waals surface area contributed by atoms with Crippen molar-refractivity contribution in [2.45, 2.75) is 32.4 Å². The van der Waals surface area contributed by atoms with Gasteiger partial charge in [0.2, 0.25) is 0 Å². The van der Waals surface area contributed by atoms with Crippen molar-refractivity contribution in [2.75, 3.05) is 27.2 Å². The van der Waals surface area contributed by atoms with Crippen LogP contribution in [0.25, 0.3) is 5.69 Å². The minimum absolute atomic E-state index is 0.0417. The van der Waals surface area contributed by atoms with E-state index in [4.69, 9.17) is 4.74 Å². The number of nitrogens with one attached hydrogen (secondary N) is 2. The maximum absolute atomic E-state index is 11.8. The Kier molecular flexibility index (Phi) is 7.10. The van der Waals surface area contributed by atoms with Crippen LogP contribution < -0.4 is 10.6 Å². The highest BCUT2D eigenvalue weighted by molar-refractivity contribution is 5.79. The second-order valence-electron chi connectivity index (χ2n) is 7.22. The monoisotopic (exact) mass is 398 g/mol. The molecule has 0 aliphatic heterocycles. The van der Waals surface area contributed by atoms with Crippen LogP contribution in [0.5, 0.6) is 0 Å². The van der Waals surface area contributed by atoms with Gasteiger partial charge >= 0.3 is 6.09 Å². The molecule has 1 aromatic carbocycles. The third-order valence-electron chi connectivity index (χ3n) is 4.90. The summed E-state index contributed by atoms with van der Waals surface area (Å²) in [4.78, 5) is 18.2. The molecule has 29 heavy (non-hydrogen) atoms. The first-order chi connectivity index (χ1) is 14.1. The molecule has 1 aliphatic rings. The van der Waals surface area contributed by atoms with Crippen molar-refractivity contribution in [3.63, 3.8) is 0 Å². The molecule has 1 heterocycles. The van der Waals surface area contributed by atoms with E-state index in [0.29, 0.717) is 25.6 Å². The van der Waals surface area contributed by atoms with Crippen molar-refractivity contribution in [2.24, 2.45) is 10.9 Å². The molecular formula is C21H30N6O2. The Morgan fingerprint density at radius 3 is 2.79 bits per heavy atom. The fourth-order valence-corrected chi connectivity index (χ4v) is 3.26. The molecule has 2 aromatic rings. The number of alkyl carbamates (subject to hydrolysis) is 1. The van der Waals surface area contributed by atoms with Crippen LogP contribution in [0, 0.1) is 5.92 Å². The molecule has 8 nitrogen and oxygen atoms in total. The summed E-state index contributed by atoms with van der Waals surface area (Å²) in [7, 11) is 3.75. The Bertz CT molecular complexity index is 816. The zero-order valence-corrected chi connectivity index (χ0v) is 17.3. The topological polar surface area (TPSA) is 83.8 Å². The number of carbonyl (C=O) groups excluding carboxylic acids is 1. The molecule has 2 N–H and O–H groups in total. The van der Waals surface area contributed by atoms with Crippen molar-refractivity contribution in [3.05, 3.63) is 48.3 Å². The predicted molar refractivity (Wildman–Crippen MR) is 113 cm³/mol. The average Bonchev–Trinajstić information content (AvgIpc) is 3.47. The van der Waals surface area contributed by atoms with Gasteiger partial charge in [-0.1, -0.05) is 18.2 Å². The molecule has 8 heteroatoms. The minimum Gasteiger partial charge on any atom is -0.450 e. The van der Waals surface area contributed by atoms with Crippen molar-refractivity contribution < 1.29 is 9.53 Å². The van der Waals surface area contributed by atoms with Gasteiger partial charge in [-0.3, -0.25) is 4.99 Å². The van der Waals surface area contributed by atoms with Crippen molar-refractivity contribution >= 4 is 12.1 Å².